The first-order valence-electron chi connectivity index (χ1n) is 15.4. The molecule has 0 aliphatic carbocycles. The SMILES string of the molecule is CCCCCCNC(=O)C=Cc1ccc(-c2sc(-c3cccn3COC)nc2-c2ccc(OCC(=O)N[C@@H](CO)C(=O)O)cc2)cc1. The summed E-state index contributed by atoms with van der Waals surface area (Å²) in [5, 5.41) is 24.1. The number of carbonyl (C=O) groups excluding carboxylic acids is 2. The molecule has 47 heavy (non-hydrogen) atoms. The minimum absolute atomic E-state index is 0.110. The molecule has 12 heteroatoms. The van der Waals surface area contributed by atoms with Gasteiger partial charge < -0.3 is 34.9 Å². The molecule has 2 amide bonds. The standard InChI is InChI=1S/C35H40N4O7S/c1-3-4-5-6-19-36-30(41)18-11-24-9-12-26(13-10-24)33-32(38-34(47-33)29-8-7-20-39(29)23-45-2)25-14-16-27(17-15-25)46-22-31(42)37-28(21-40)35(43)44/h7-18,20,28,40H,3-6,19,21-23H2,1-2H3,(H,36,41)(H,37,42)(H,43,44)/t28-/m0/s1. The summed E-state index contributed by atoms with van der Waals surface area (Å²) in [6, 6.07) is 17.6. The van der Waals surface area contributed by atoms with E-state index in [-0.39, 0.29) is 5.91 Å². The topological polar surface area (TPSA) is 152 Å². The monoisotopic (exact) mass is 660 g/mol. The number of aliphatic carboxylic acids is 1. The van der Waals surface area contributed by atoms with Gasteiger partial charge in [-0.05, 0) is 60.0 Å². The molecule has 0 fully saturated rings. The number of hydrogen-bond acceptors (Lipinski definition) is 8. The maximum absolute atomic E-state index is 12.2. The molecule has 0 bridgehead atoms. The van der Waals surface area contributed by atoms with Crippen LogP contribution in [0.4, 0.5) is 0 Å². The van der Waals surface area contributed by atoms with Crippen LogP contribution in [-0.2, 0) is 25.9 Å². The first kappa shape index (κ1) is 35.1. The predicted molar refractivity (Wildman–Crippen MR) is 182 cm³/mol. The Balaban J connectivity index is 1.53. The van der Waals surface area contributed by atoms with Crippen molar-refractivity contribution in [1.82, 2.24) is 20.2 Å². The van der Waals surface area contributed by atoms with E-state index < -0.39 is 31.1 Å². The summed E-state index contributed by atoms with van der Waals surface area (Å²) < 4.78 is 12.9. The van der Waals surface area contributed by atoms with Crippen LogP contribution in [-0.4, -0.2) is 70.5 Å². The highest BCUT2D eigenvalue weighted by Crippen LogP contribution is 2.41. The molecule has 4 aromatic rings. The predicted octanol–water partition coefficient (Wildman–Crippen LogP) is 5.20. The van der Waals surface area contributed by atoms with E-state index >= 15 is 0 Å². The van der Waals surface area contributed by atoms with Crippen LogP contribution in [0.1, 0.15) is 38.2 Å². The van der Waals surface area contributed by atoms with Gasteiger partial charge in [-0.15, -0.1) is 11.3 Å². The van der Waals surface area contributed by atoms with Crippen molar-refractivity contribution < 1.29 is 34.1 Å². The van der Waals surface area contributed by atoms with Crippen LogP contribution in [0.5, 0.6) is 5.75 Å². The highest BCUT2D eigenvalue weighted by molar-refractivity contribution is 7.18. The van der Waals surface area contributed by atoms with Crippen LogP contribution in [0, 0.1) is 0 Å². The third kappa shape index (κ3) is 10.1. The third-order valence-electron chi connectivity index (χ3n) is 7.19. The number of aromatic nitrogens is 2. The van der Waals surface area contributed by atoms with Crippen LogP contribution >= 0.6 is 11.3 Å². The molecule has 248 valence electrons. The Morgan fingerprint density at radius 3 is 2.45 bits per heavy atom. The number of carboxylic acids is 1. The molecule has 4 rings (SSSR count). The number of rotatable bonds is 18. The average Bonchev–Trinajstić information content (AvgIpc) is 3.73. The lowest BCUT2D eigenvalue weighted by molar-refractivity contribution is -0.143. The molecule has 1 atom stereocenters. The first-order valence-corrected chi connectivity index (χ1v) is 16.2. The van der Waals surface area contributed by atoms with E-state index in [1.54, 1.807) is 42.7 Å². The van der Waals surface area contributed by atoms with Gasteiger partial charge >= 0.3 is 5.97 Å². The van der Waals surface area contributed by atoms with Crippen LogP contribution in [0.25, 0.3) is 38.5 Å². The number of carboxylic acid groups (broad SMARTS) is 1. The van der Waals surface area contributed by atoms with Crippen molar-refractivity contribution in [3.8, 4) is 38.1 Å². The largest absolute Gasteiger partial charge is 0.484 e. The number of unbranched alkanes of at least 4 members (excludes halogenated alkanes) is 3. The lowest BCUT2D eigenvalue weighted by Crippen LogP contribution is -2.45. The Bertz CT molecular complexity index is 1650. The molecule has 4 N–H and O–H groups in total. The van der Waals surface area contributed by atoms with Crippen molar-refractivity contribution in [3.05, 3.63) is 78.5 Å². The number of hydrogen-bond donors (Lipinski definition) is 4. The van der Waals surface area contributed by atoms with Gasteiger partial charge in [0.15, 0.2) is 6.61 Å². The van der Waals surface area contributed by atoms with Gasteiger partial charge in [0.1, 0.15) is 23.5 Å². The van der Waals surface area contributed by atoms with Gasteiger partial charge in [-0.1, -0.05) is 50.5 Å². The van der Waals surface area contributed by atoms with Crippen molar-refractivity contribution in [3.63, 3.8) is 0 Å². The number of amides is 2. The van der Waals surface area contributed by atoms with Gasteiger partial charge in [-0.2, -0.15) is 0 Å². The van der Waals surface area contributed by atoms with Gasteiger partial charge in [-0.25, -0.2) is 9.78 Å². The summed E-state index contributed by atoms with van der Waals surface area (Å²) in [6.07, 6.45) is 9.71. The number of ether oxygens (including phenoxy) is 2. The summed E-state index contributed by atoms with van der Waals surface area (Å²) in [5.41, 5.74) is 4.36. The Kier molecular flexibility index (Phi) is 13.3. The summed E-state index contributed by atoms with van der Waals surface area (Å²) in [7, 11) is 1.64. The lowest BCUT2D eigenvalue weighted by atomic mass is 10.0. The van der Waals surface area contributed by atoms with Crippen molar-refractivity contribution >= 4 is 35.2 Å². The molecule has 2 aromatic heterocycles. The van der Waals surface area contributed by atoms with Crippen LogP contribution in [0.2, 0.25) is 0 Å². The summed E-state index contributed by atoms with van der Waals surface area (Å²) in [6.45, 7) is 2.08. The normalized spacial score (nSPS) is 11.8. The maximum atomic E-state index is 12.2. The van der Waals surface area contributed by atoms with Crippen LogP contribution in [0.3, 0.4) is 0 Å². The zero-order valence-electron chi connectivity index (χ0n) is 26.5. The smallest absolute Gasteiger partial charge is 0.328 e. The van der Waals surface area contributed by atoms with E-state index in [4.69, 9.17) is 24.7 Å². The van der Waals surface area contributed by atoms with Gasteiger partial charge in [0.05, 0.1) is 22.9 Å². The second-order valence-electron chi connectivity index (χ2n) is 10.7. The Labute approximate surface area is 277 Å². The van der Waals surface area contributed by atoms with Gasteiger partial charge in [0.25, 0.3) is 5.91 Å². The number of carbonyl (C=O) groups is 3. The number of aliphatic hydroxyl groups excluding tert-OH is 1. The van der Waals surface area contributed by atoms with Crippen molar-refractivity contribution in [2.24, 2.45) is 0 Å². The van der Waals surface area contributed by atoms with E-state index in [1.165, 1.54) is 6.42 Å². The molecular weight excluding hydrogens is 620 g/mol. The highest BCUT2D eigenvalue weighted by atomic mass is 32.1. The molecule has 0 saturated carbocycles. The van der Waals surface area contributed by atoms with Gasteiger partial charge in [0.2, 0.25) is 5.91 Å². The average molecular weight is 661 g/mol. The number of nitrogens with zero attached hydrogens (tertiary/aromatic N) is 2. The molecule has 11 nitrogen and oxygen atoms in total. The quantitative estimate of drug-likeness (QED) is 0.0840. The summed E-state index contributed by atoms with van der Waals surface area (Å²) in [4.78, 5) is 41.3. The molecule has 0 radical (unpaired) electrons. The van der Waals surface area contributed by atoms with E-state index in [1.807, 2.05) is 59.3 Å². The number of benzene rings is 2. The maximum Gasteiger partial charge on any atom is 0.328 e. The van der Waals surface area contributed by atoms with E-state index in [9.17, 15) is 14.4 Å². The number of methoxy groups -OCH3 is 1. The fourth-order valence-corrected chi connectivity index (χ4v) is 5.83. The Morgan fingerprint density at radius 2 is 1.77 bits per heavy atom. The second-order valence-corrected chi connectivity index (χ2v) is 11.7. The summed E-state index contributed by atoms with van der Waals surface area (Å²) >= 11 is 1.55. The molecular formula is C35H40N4O7S. The van der Waals surface area contributed by atoms with E-state index in [2.05, 4.69) is 17.6 Å². The molecule has 0 aliphatic heterocycles. The molecule has 0 aliphatic rings. The molecule has 2 aromatic carbocycles. The number of thiazole rings is 1. The van der Waals surface area contributed by atoms with Crippen molar-refractivity contribution in [2.45, 2.75) is 45.4 Å². The van der Waals surface area contributed by atoms with Crippen LogP contribution in [0.15, 0.2) is 72.9 Å². The fraction of sp³-hybridized carbons (Fsp3) is 0.314. The minimum atomic E-state index is -1.40. The number of aliphatic hydroxyl groups is 1. The van der Waals surface area contributed by atoms with Gasteiger partial charge in [0, 0.05) is 31.5 Å². The zero-order valence-corrected chi connectivity index (χ0v) is 27.3. The van der Waals surface area contributed by atoms with Crippen molar-refractivity contribution in [1.29, 1.82) is 0 Å². The fourth-order valence-electron chi connectivity index (χ4n) is 4.70. The summed E-state index contributed by atoms with van der Waals surface area (Å²) in [5.74, 6) is -1.70. The minimum Gasteiger partial charge on any atom is -0.484 e. The van der Waals surface area contributed by atoms with Crippen LogP contribution < -0.4 is 15.4 Å². The van der Waals surface area contributed by atoms with E-state index in [0.717, 1.165) is 57.2 Å². The molecule has 0 unspecified atom stereocenters. The zero-order chi connectivity index (χ0) is 33.6. The Hall–Kier alpha value is -4.78. The highest BCUT2D eigenvalue weighted by Gasteiger charge is 2.20. The third-order valence-corrected chi connectivity index (χ3v) is 8.31. The Morgan fingerprint density at radius 1 is 1.02 bits per heavy atom. The molecule has 2 heterocycles. The first-order chi connectivity index (χ1) is 22.8. The number of nitrogens with one attached hydrogen (secondary N) is 2. The molecule has 0 saturated heterocycles. The lowest BCUT2D eigenvalue weighted by Gasteiger charge is -2.12. The van der Waals surface area contributed by atoms with Crippen molar-refractivity contribution in [2.75, 3.05) is 26.9 Å². The van der Waals surface area contributed by atoms with E-state index in [0.29, 0.717) is 19.0 Å². The molecule has 0 spiro atoms. The van der Waals surface area contributed by atoms with Gasteiger partial charge in [-0.3, -0.25) is 9.59 Å². The second kappa shape index (κ2) is 17.8.